The van der Waals surface area contributed by atoms with E-state index < -0.39 is 0 Å². The van der Waals surface area contributed by atoms with Gasteiger partial charge in [0.15, 0.2) is 0 Å². The topological polar surface area (TPSA) is 63.4 Å². The van der Waals surface area contributed by atoms with Gasteiger partial charge in [-0.15, -0.1) is 0 Å². The van der Waals surface area contributed by atoms with Crippen molar-refractivity contribution < 1.29 is 9.59 Å². The highest BCUT2D eigenvalue weighted by atomic mass is 16.1. The Balaban J connectivity index is 2.72. The van der Waals surface area contributed by atoms with Crippen LogP contribution < -0.4 is 5.73 Å². The molecule has 0 aliphatic carbocycles. The number of primary amides is 1. The molecular formula is C10H18N2O2. The average molecular weight is 198 g/mol. The molecule has 0 aromatic carbocycles. The zero-order valence-corrected chi connectivity index (χ0v) is 8.82. The van der Waals surface area contributed by atoms with Gasteiger partial charge in [0, 0.05) is 0 Å². The quantitative estimate of drug-likeness (QED) is 0.709. The van der Waals surface area contributed by atoms with Gasteiger partial charge >= 0.3 is 0 Å². The highest BCUT2D eigenvalue weighted by molar-refractivity contribution is 5.84. The predicted octanol–water partition coefficient (Wildman–Crippen LogP) is 0.304. The Morgan fingerprint density at radius 2 is 2.07 bits per heavy atom. The first-order chi connectivity index (χ1) is 6.54. The molecule has 0 aromatic heterocycles. The second kappa shape index (κ2) is 4.55. The van der Waals surface area contributed by atoms with E-state index in [9.17, 15) is 9.59 Å². The lowest BCUT2D eigenvalue weighted by molar-refractivity contribution is -0.129. The van der Waals surface area contributed by atoms with Crippen molar-refractivity contribution in [2.45, 2.75) is 45.2 Å². The van der Waals surface area contributed by atoms with E-state index in [1.807, 2.05) is 11.8 Å². The summed E-state index contributed by atoms with van der Waals surface area (Å²) in [7, 11) is 0. The predicted molar refractivity (Wildman–Crippen MR) is 53.7 cm³/mol. The Kier molecular flexibility index (Phi) is 3.63. The number of nitrogens with two attached hydrogens (primary N) is 1. The maximum absolute atomic E-state index is 11.2. The Hall–Kier alpha value is -0.900. The van der Waals surface area contributed by atoms with Crippen LogP contribution in [-0.4, -0.2) is 35.2 Å². The van der Waals surface area contributed by atoms with Crippen LogP contribution in [0.5, 0.6) is 0 Å². The Morgan fingerprint density at radius 1 is 1.43 bits per heavy atom. The zero-order chi connectivity index (χ0) is 10.7. The van der Waals surface area contributed by atoms with Gasteiger partial charge in [-0.05, 0) is 33.2 Å². The second-order valence-electron chi connectivity index (χ2n) is 3.94. The first kappa shape index (κ1) is 11.2. The van der Waals surface area contributed by atoms with Gasteiger partial charge in [-0.1, -0.05) is 6.42 Å². The number of Topliss-reactive ketones (excluding diaryl/α,β-unsaturated/α-hetero) is 1. The number of nitrogens with zero attached hydrogens (tertiary/aromatic N) is 1. The van der Waals surface area contributed by atoms with E-state index in [0.29, 0.717) is 0 Å². The van der Waals surface area contributed by atoms with Crippen molar-refractivity contribution in [3.8, 4) is 0 Å². The largest absolute Gasteiger partial charge is 0.368 e. The molecular weight excluding hydrogens is 180 g/mol. The number of ketones is 1. The van der Waals surface area contributed by atoms with Gasteiger partial charge in [0.2, 0.25) is 5.91 Å². The first-order valence-electron chi connectivity index (χ1n) is 5.09. The summed E-state index contributed by atoms with van der Waals surface area (Å²) >= 11 is 0. The van der Waals surface area contributed by atoms with Crippen LogP contribution in [0.3, 0.4) is 0 Å². The molecule has 0 bridgehead atoms. The van der Waals surface area contributed by atoms with Crippen LogP contribution in [0.25, 0.3) is 0 Å². The molecule has 0 radical (unpaired) electrons. The van der Waals surface area contributed by atoms with E-state index in [4.69, 9.17) is 5.73 Å². The monoisotopic (exact) mass is 198 g/mol. The molecule has 0 saturated carbocycles. The van der Waals surface area contributed by atoms with E-state index in [1.165, 1.54) is 0 Å². The van der Waals surface area contributed by atoms with E-state index in [1.54, 1.807) is 6.92 Å². The molecule has 2 atom stereocenters. The normalized spacial score (nSPS) is 25.7. The summed E-state index contributed by atoms with van der Waals surface area (Å²) in [5.74, 6) is -0.212. The third-order valence-corrected chi connectivity index (χ3v) is 2.96. The molecule has 1 aliphatic rings. The van der Waals surface area contributed by atoms with Gasteiger partial charge < -0.3 is 5.73 Å². The first-order valence-corrected chi connectivity index (χ1v) is 5.09. The summed E-state index contributed by atoms with van der Waals surface area (Å²) in [5, 5.41) is 0. The molecule has 0 spiro atoms. The number of likely N-dealkylation sites (tertiary alicyclic amines) is 1. The minimum Gasteiger partial charge on any atom is -0.368 e. The van der Waals surface area contributed by atoms with Crippen molar-refractivity contribution in [2.75, 3.05) is 6.54 Å². The summed E-state index contributed by atoms with van der Waals surface area (Å²) in [6.07, 6.45) is 2.85. The summed E-state index contributed by atoms with van der Waals surface area (Å²) in [6, 6.07) is -0.435. The van der Waals surface area contributed by atoms with Crippen LogP contribution >= 0.6 is 0 Å². The van der Waals surface area contributed by atoms with E-state index in [0.717, 1.165) is 25.8 Å². The SMILES string of the molecule is CC(=O)C(C)N1CCCCC1C(N)=O. The number of hydrogen-bond donors (Lipinski definition) is 1. The van der Waals surface area contributed by atoms with Gasteiger partial charge in [0.25, 0.3) is 0 Å². The van der Waals surface area contributed by atoms with E-state index in [2.05, 4.69) is 0 Å². The fourth-order valence-corrected chi connectivity index (χ4v) is 1.96. The van der Waals surface area contributed by atoms with Crippen LogP contribution in [0.15, 0.2) is 0 Å². The minimum atomic E-state index is -0.308. The van der Waals surface area contributed by atoms with Crippen LogP contribution in [0, 0.1) is 0 Å². The number of amides is 1. The molecule has 1 fully saturated rings. The number of carbonyl (C=O) groups is 2. The van der Waals surface area contributed by atoms with Gasteiger partial charge in [-0.2, -0.15) is 0 Å². The number of hydrogen-bond acceptors (Lipinski definition) is 3. The Labute approximate surface area is 84.4 Å². The van der Waals surface area contributed by atoms with Crippen molar-refractivity contribution in [2.24, 2.45) is 5.73 Å². The lowest BCUT2D eigenvalue weighted by Crippen LogP contribution is -2.53. The Bertz CT molecular complexity index is 240. The maximum atomic E-state index is 11.2. The van der Waals surface area contributed by atoms with Crippen molar-refractivity contribution >= 4 is 11.7 Å². The van der Waals surface area contributed by atoms with Gasteiger partial charge in [0.1, 0.15) is 5.78 Å². The number of rotatable bonds is 3. The van der Waals surface area contributed by atoms with Crippen LogP contribution in [-0.2, 0) is 9.59 Å². The van der Waals surface area contributed by atoms with E-state index in [-0.39, 0.29) is 23.8 Å². The Morgan fingerprint density at radius 3 is 2.57 bits per heavy atom. The number of carbonyl (C=O) groups excluding carboxylic acids is 2. The van der Waals surface area contributed by atoms with Crippen molar-refractivity contribution in [1.29, 1.82) is 0 Å². The summed E-state index contributed by atoms with van der Waals surface area (Å²) in [6.45, 7) is 4.19. The fraction of sp³-hybridized carbons (Fsp3) is 0.800. The van der Waals surface area contributed by atoms with Crippen molar-refractivity contribution in [1.82, 2.24) is 4.90 Å². The molecule has 0 aromatic rings. The van der Waals surface area contributed by atoms with E-state index >= 15 is 0 Å². The van der Waals surface area contributed by atoms with Crippen molar-refractivity contribution in [3.63, 3.8) is 0 Å². The molecule has 1 aliphatic heterocycles. The maximum Gasteiger partial charge on any atom is 0.234 e. The van der Waals surface area contributed by atoms with Gasteiger partial charge in [-0.25, -0.2) is 0 Å². The van der Waals surface area contributed by atoms with Gasteiger partial charge in [0.05, 0.1) is 12.1 Å². The molecule has 1 saturated heterocycles. The zero-order valence-electron chi connectivity index (χ0n) is 8.82. The molecule has 2 N–H and O–H groups in total. The summed E-state index contributed by atoms with van der Waals surface area (Å²) < 4.78 is 0. The van der Waals surface area contributed by atoms with Gasteiger partial charge in [-0.3, -0.25) is 14.5 Å². The molecule has 1 amide bonds. The lowest BCUT2D eigenvalue weighted by Gasteiger charge is -2.36. The van der Waals surface area contributed by atoms with Crippen LogP contribution in [0.1, 0.15) is 33.1 Å². The fourth-order valence-electron chi connectivity index (χ4n) is 1.96. The molecule has 1 rings (SSSR count). The second-order valence-corrected chi connectivity index (χ2v) is 3.94. The molecule has 4 heteroatoms. The summed E-state index contributed by atoms with van der Waals surface area (Å²) in [5.41, 5.74) is 5.30. The molecule has 2 unspecified atom stereocenters. The third-order valence-electron chi connectivity index (χ3n) is 2.96. The average Bonchev–Trinajstić information content (AvgIpc) is 2.16. The number of piperidine rings is 1. The van der Waals surface area contributed by atoms with Crippen LogP contribution in [0.2, 0.25) is 0 Å². The highest BCUT2D eigenvalue weighted by Crippen LogP contribution is 2.19. The molecule has 14 heavy (non-hydrogen) atoms. The highest BCUT2D eigenvalue weighted by Gasteiger charge is 2.31. The standard InChI is InChI=1S/C10H18N2O2/c1-7(8(2)13)12-6-4-3-5-9(12)10(11)14/h7,9H,3-6H2,1-2H3,(H2,11,14). The third kappa shape index (κ3) is 2.32. The molecule has 1 heterocycles. The summed E-state index contributed by atoms with van der Waals surface area (Å²) in [4.78, 5) is 24.3. The van der Waals surface area contributed by atoms with Crippen LogP contribution in [0.4, 0.5) is 0 Å². The lowest BCUT2D eigenvalue weighted by atomic mass is 9.98. The smallest absolute Gasteiger partial charge is 0.234 e. The minimum absolute atomic E-state index is 0.0955. The van der Waals surface area contributed by atoms with Crippen molar-refractivity contribution in [3.05, 3.63) is 0 Å². The molecule has 80 valence electrons. The molecule has 4 nitrogen and oxygen atoms in total.